The van der Waals surface area contributed by atoms with Gasteiger partial charge in [0, 0.05) is 23.6 Å². The number of fused-ring (bicyclic) bond motifs is 1. The lowest BCUT2D eigenvalue weighted by atomic mass is 9.86. The molecule has 0 radical (unpaired) electrons. The van der Waals surface area contributed by atoms with Gasteiger partial charge in [-0.05, 0) is 70.7 Å². The van der Waals surface area contributed by atoms with Gasteiger partial charge in [-0.1, -0.05) is 84.0 Å². The minimum absolute atomic E-state index is 0.103. The Kier molecular flexibility index (Phi) is 9.68. The number of aliphatic carboxylic acids is 1. The summed E-state index contributed by atoms with van der Waals surface area (Å²) < 4.78 is 2.08. The molecule has 1 aromatic heterocycles. The average Bonchev–Trinajstić information content (AvgIpc) is 3.32. The van der Waals surface area contributed by atoms with Crippen LogP contribution in [0.4, 0.5) is 0 Å². The molecule has 0 aliphatic carbocycles. The number of aromatic nitrogens is 2. The normalized spacial score (nSPS) is 12.2. The highest BCUT2D eigenvalue weighted by Crippen LogP contribution is 2.31. The number of carboxylic acids is 1. The molecule has 0 saturated carbocycles. The maximum Gasteiger partial charge on any atom is 0.303 e. The number of benzene rings is 3. The quantitative estimate of drug-likeness (QED) is 0.246. The Hall–Kier alpha value is -3.93. The summed E-state index contributed by atoms with van der Waals surface area (Å²) in [5.74, 6) is -0.553. The second-order valence-corrected chi connectivity index (χ2v) is 11.4. The molecule has 1 atom stereocenters. The molecule has 1 heterocycles. The smallest absolute Gasteiger partial charge is 0.303 e. The van der Waals surface area contributed by atoms with E-state index >= 15 is 0 Å². The highest BCUT2D eigenvalue weighted by Gasteiger charge is 2.18. The van der Waals surface area contributed by atoms with Gasteiger partial charge in [0.05, 0.1) is 11.6 Å². The summed E-state index contributed by atoms with van der Waals surface area (Å²) in [5.41, 5.74) is 12.0. The van der Waals surface area contributed by atoms with Gasteiger partial charge in [-0.25, -0.2) is 0 Å². The molecule has 0 fully saturated rings. The van der Waals surface area contributed by atoms with Crippen molar-refractivity contribution >= 4 is 22.8 Å². The van der Waals surface area contributed by atoms with Crippen LogP contribution in [0.25, 0.3) is 22.0 Å². The molecule has 1 unspecified atom stereocenters. The van der Waals surface area contributed by atoms with Crippen LogP contribution in [0.15, 0.2) is 72.9 Å². The first-order valence-corrected chi connectivity index (χ1v) is 13.6. The second kappa shape index (κ2) is 12.7. The van der Waals surface area contributed by atoms with Gasteiger partial charge >= 0.3 is 5.97 Å². The fourth-order valence-corrected chi connectivity index (χ4v) is 4.36. The largest absolute Gasteiger partial charge is 0.481 e. The molecular formula is C33H41N3O3. The van der Waals surface area contributed by atoms with E-state index < -0.39 is 11.9 Å². The number of hydrogen-bond donors (Lipinski definition) is 2. The molecule has 0 aliphatic heterocycles. The zero-order valence-corrected chi connectivity index (χ0v) is 23.9. The summed E-state index contributed by atoms with van der Waals surface area (Å²) in [6, 6.07) is 23.1. The van der Waals surface area contributed by atoms with Crippen LogP contribution in [-0.4, -0.2) is 26.8 Å². The van der Waals surface area contributed by atoms with E-state index in [4.69, 9.17) is 15.9 Å². The topological polar surface area (TPSA) is 98.2 Å². The zero-order chi connectivity index (χ0) is 28.7. The Morgan fingerprint density at radius 1 is 0.923 bits per heavy atom. The summed E-state index contributed by atoms with van der Waals surface area (Å²) in [6.45, 7) is 12.8. The average molecular weight is 528 g/mol. The molecular weight excluding hydrogens is 486 g/mol. The maximum absolute atomic E-state index is 11.5. The van der Waals surface area contributed by atoms with Crippen LogP contribution in [0.3, 0.4) is 0 Å². The molecule has 3 aromatic carbocycles. The van der Waals surface area contributed by atoms with E-state index in [1.807, 2.05) is 24.3 Å². The first-order chi connectivity index (χ1) is 18.4. The van der Waals surface area contributed by atoms with Gasteiger partial charge in [-0.3, -0.25) is 14.3 Å². The molecule has 4 aromatic rings. The number of nitrogens with zero attached hydrogens (tertiary/aromatic N) is 2. The number of carboxylic acid groups (broad SMARTS) is 1. The van der Waals surface area contributed by atoms with Crippen LogP contribution in [-0.2, 0) is 10.2 Å². The van der Waals surface area contributed by atoms with Crippen molar-refractivity contribution in [1.29, 1.82) is 0 Å². The van der Waals surface area contributed by atoms with Gasteiger partial charge < -0.3 is 10.8 Å². The molecule has 0 aliphatic rings. The molecule has 0 saturated heterocycles. The molecule has 6 nitrogen and oxygen atoms in total. The minimum Gasteiger partial charge on any atom is -0.481 e. The number of primary amides is 1. The van der Waals surface area contributed by atoms with E-state index in [0.717, 1.165) is 29.3 Å². The number of hydrogen-bond acceptors (Lipinski definition) is 3. The Bertz CT molecular complexity index is 1400. The van der Waals surface area contributed by atoms with E-state index in [1.54, 1.807) is 6.92 Å². The van der Waals surface area contributed by atoms with Crippen LogP contribution in [0.5, 0.6) is 0 Å². The van der Waals surface area contributed by atoms with E-state index in [0.29, 0.717) is 11.5 Å². The van der Waals surface area contributed by atoms with E-state index in [2.05, 4.69) is 88.0 Å². The monoisotopic (exact) mass is 527 g/mol. The number of nitrogens with two attached hydrogens (primary N) is 1. The lowest BCUT2D eigenvalue weighted by Crippen LogP contribution is -2.14. The number of carbonyl (C=O) groups is 2. The standard InChI is InChI=1S/C30H35N3O.C3H6O2/c1-20(2)6-17-28(22-7-9-23(10-8-22)29(31)34)33-19-25-18-24(13-16-27(25)32-33)21-11-14-26(15-12-21)30(3,4)5;1-2-3(4)5/h7-16,18-20,28H,6,17H2,1-5H3,(H2,31,34);2H2,1H3,(H,4,5). The van der Waals surface area contributed by atoms with Gasteiger partial charge in [0.15, 0.2) is 0 Å². The molecule has 6 heteroatoms. The molecule has 206 valence electrons. The van der Waals surface area contributed by atoms with Crippen molar-refractivity contribution in [3.8, 4) is 11.1 Å². The van der Waals surface area contributed by atoms with Crippen LogP contribution < -0.4 is 5.73 Å². The summed E-state index contributed by atoms with van der Waals surface area (Å²) in [7, 11) is 0. The molecule has 1 amide bonds. The molecule has 0 spiro atoms. The molecule has 0 bridgehead atoms. The van der Waals surface area contributed by atoms with Crippen LogP contribution in [0, 0.1) is 5.92 Å². The third-order valence-corrected chi connectivity index (χ3v) is 6.83. The van der Waals surface area contributed by atoms with Gasteiger partial charge in [0.25, 0.3) is 0 Å². The third-order valence-electron chi connectivity index (χ3n) is 6.83. The van der Waals surface area contributed by atoms with Gasteiger partial charge in [0.2, 0.25) is 5.91 Å². The summed E-state index contributed by atoms with van der Waals surface area (Å²) >= 11 is 0. The van der Waals surface area contributed by atoms with Crippen molar-refractivity contribution in [2.75, 3.05) is 0 Å². The Labute approximate surface area is 231 Å². The van der Waals surface area contributed by atoms with Crippen molar-refractivity contribution in [3.63, 3.8) is 0 Å². The lowest BCUT2D eigenvalue weighted by molar-refractivity contribution is -0.136. The van der Waals surface area contributed by atoms with Crippen molar-refractivity contribution in [2.45, 2.75) is 72.3 Å². The summed E-state index contributed by atoms with van der Waals surface area (Å²) in [6.07, 6.45) is 4.43. The number of amides is 1. The fraction of sp³-hybridized carbons (Fsp3) is 0.364. The predicted molar refractivity (Wildman–Crippen MR) is 159 cm³/mol. The van der Waals surface area contributed by atoms with E-state index in [1.165, 1.54) is 16.7 Å². The van der Waals surface area contributed by atoms with Gasteiger partial charge in [-0.2, -0.15) is 5.10 Å². The van der Waals surface area contributed by atoms with Crippen LogP contribution >= 0.6 is 0 Å². The molecule has 4 rings (SSSR count). The van der Waals surface area contributed by atoms with E-state index in [9.17, 15) is 9.59 Å². The maximum atomic E-state index is 11.5. The lowest BCUT2D eigenvalue weighted by Gasteiger charge is -2.19. The first-order valence-electron chi connectivity index (χ1n) is 13.6. The summed E-state index contributed by atoms with van der Waals surface area (Å²) in [4.78, 5) is 20.9. The minimum atomic E-state index is -0.745. The third kappa shape index (κ3) is 8.03. The van der Waals surface area contributed by atoms with Crippen LogP contribution in [0.1, 0.15) is 88.3 Å². The fourth-order valence-electron chi connectivity index (χ4n) is 4.36. The molecule has 39 heavy (non-hydrogen) atoms. The summed E-state index contributed by atoms with van der Waals surface area (Å²) in [5, 5.41) is 13.8. The number of carbonyl (C=O) groups excluding carboxylic acids is 1. The predicted octanol–water partition coefficient (Wildman–Crippen LogP) is 7.61. The van der Waals surface area contributed by atoms with Crippen molar-refractivity contribution in [1.82, 2.24) is 9.78 Å². The van der Waals surface area contributed by atoms with Gasteiger partial charge in [-0.15, -0.1) is 0 Å². The second-order valence-electron chi connectivity index (χ2n) is 11.4. The number of rotatable bonds is 8. The van der Waals surface area contributed by atoms with Crippen molar-refractivity contribution < 1.29 is 14.7 Å². The van der Waals surface area contributed by atoms with E-state index in [-0.39, 0.29) is 17.9 Å². The van der Waals surface area contributed by atoms with Crippen molar-refractivity contribution in [2.24, 2.45) is 11.7 Å². The Morgan fingerprint density at radius 2 is 1.51 bits per heavy atom. The Morgan fingerprint density at radius 3 is 2.03 bits per heavy atom. The van der Waals surface area contributed by atoms with Crippen LogP contribution in [0.2, 0.25) is 0 Å². The zero-order valence-electron chi connectivity index (χ0n) is 23.9. The van der Waals surface area contributed by atoms with Gasteiger partial charge in [0.1, 0.15) is 0 Å². The molecule has 3 N–H and O–H groups in total. The highest BCUT2D eigenvalue weighted by molar-refractivity contribution is 5.92. The Balaban J connectivity index is 0.000000771. The SMILES string of the molecule is CC(C)CCC(c1ccc(C(N)=O)cc1)n1cc2cc(-c3ccc(C(C)(C)C)cc3)ccc2n1.CCC(=O)O. The van der Waals surface area contributed by atoms with Crippen molar-refractivity contribution in [3.05, 3.63) is 89.6 Å². The first kappa shape index (κ1) is 29.6. The highest BCUT2D eigenvalue weighted by atomic mass is 16.4.